The molecule has 0 aromatic carbocycles. The van der Waals surface area contributed by atoms with E-state index in [0.717, 1.165) is 5.01 Å². The number of carboxylic acid groups (broad SMARTS) is 1. The Bertz CT molecular complexity index is 446. The van der Waals surface area contributed by atoms with Crippen molar-refractivity contribution in [2.24, 2.45) is 0 Å². The van der Waals surface area contributed by atoms with Gasteiger partial charge >= 0.3 is 5.97 Å². The Balaban J connectivity index is 1.72. The van der Waals surface area contributed by atoms with E-state index >= 15 is 0 Å². The lowest BCUT2D eigenvalue weighted by atomic mass is 9.92. The fraction of sp³-hybridized carbons (Fsp3) is 0.692. The van der Waals surface area contributed by atoms with Gasteiger partial charge < -0.3 is 10.0 Å². The first kappa shape index (κ1) is 12.1. The summed E-state index contributed by atoms with van der Waals surface area (Å²) in [5, 5.41) is 11.8. The average molecular weight is 266 g/mol. The number of hydrogen-bond donors (Lipinski definition) is 1. The van der Waals surface area contributed by atoms with Crippen molar-refractivity contribution in [2.45, 2.75) is 50.1 Å². The summed E-state index contributed by atoms with van der Waals surface area (Å²) in [5.41, 5.74) is 0.716. The number of thiazole rings is 1. The maximum atomic E-state index is 10.7. The third kappa shape index (κ3) is 2.17. The Morgan fingerprint density at radius 1 is 1.50 bits per heavy atom. The zero-order valence-electron chi connectivity index (χ0n) is 10.5. The zero-order valence-corrected chi connectivity index (χ0v) is 11.3. The van der Waals surface area contributed by atoms with Gasteiger partial charge in [0.15, 0.2) is 0 Å². The van der Waals surface area contributed by atoms with Gasteiger partial charge in [-0.05, 0) is 32.7 Å². The summed E-state index contributed by atoms with van der Waals surface area (Å²) in [6.45, 7) is 0. The monoisotopic (exact) mass is 266 g/mol. The van der Waals surface area contributed by atoms with E-state index in [1.54, 1.807) is 11.3 Å². The highest BCUT2D eigenvalue weighted by Crippen LogP contribution is 2.42. The smallest absolute Gasteiger partial charge is 0.309 e. The molecule has 0 saturated carbocycles. The highest BCUT2D eigenvalue weighted by Gasteiger charge is 2.39. The number of carbonyl (C=O) groups is 1. The summed E-state index contributed by atoms with van der Waals surface area (Å²) in [5.74, 6) is -0.249. The van der Waals surface area contributed by atoms with Crippen molar-refractivity contribution in [3.8, 4) is 0 Å². The first-order valence-electron chi connectivity index (χ1n) is 6.51. The fourth-order valence-corrected chi connectivity index (χ4v) is 4.31. The summed E-state index contributed by atoms with van der Waals surface area (Å²) in [4.78, 5) is 17.7. The Morgan fingerprint density at radius 3 is 2.78 bits per heavy atom. The number of rotatable bonds is 3. The Kier molecular flexibility index (Phi) is 3.11. The van der Waals surface area contributed by atoms with Gasteiger partial charge in [-0.1, -0.05) is 0 Å². The molecule has 2 saturated heterocycles. The topological polar surface area (TPSA) is 53.4 Å². The summed E-state index contributed by atoms with van der Waals surface area (Å²) in [6.07, 6.45) is 5.05. The molecule has 0 aliphatic carbocycles. The van der Waals surface area contributed by atoms with E-state index in [-0.39, 0.29) is 6.42 Å². The number of aromatic nitrogens is 1. The lowest BCUT2D eigenvalue weighted by Crippen LogP contribution is -2.39. The summed E-state index contributed by atoms with van der Waals surface area (Å²) in [7, 11) is 2.23. The van der Waals surface area contributed by atoms with Crippen LogP contribution in [0.3, 0.4) is 0 Å². The lowest BCUT2D eigenvalue weighted by Gasteiger charge is -2.35. The van der Waals surface area contributed by atoms with Gasteiger partial charge in [0.1, 0.15) is 0 Å². The van der Waals surface area contributed by atoms with Crippen LogP contribution < -0.4 is 0 Å². The van der Waals surface area contributed by atoms with Gasteiger partial charge in [-0.25, -0.2) is 4.98 Å². The summed E-state index contributed by atoms with van der Waals surface area (Å²) in [6, 6.07) is 1.42. The quantitative estimate of drug-likeness (QED) is 0.910. The van der Waals surface area contributed by atoms with E-state index in [9.17, 15) is 4.79 Å². The van der Waals surface area contributed by atoms with E-state index in [4.69, 9.17) is 5.11 Å². The molecule has 98 valence electrons. The van der Waals surface area contributed by atoms with E-state index in [2.05, 4.69) is 16.9 Å². The Labute approximate surface area is 111 Å². The predicted molar refractivity (Wildman–Crippen MR) is 70.0 cm³/mol. The maximum absolute atomic E-state index is 10.7. The second-order valence-corrected chi connectivity index (χ2v) is 6.36. The van der Waals surface area contributed by atoms with Crippen LogP contribution in [-0.2, 0) is 11.2 Å². The SMILES string of the molecule is CN1C2CCC1CC(c1nc(CC(=O)O)cs1)C2. The van der Waals surface area contributed by atoms with Crippen LogP contribution in [0.4, 0.5) is 0 Å². The average Bonchev–Trinajstić information content (AvgIpc) is 2.81. The van der Waals surface area contributed by atoms with Gasteiger partial charge in [0, 0.05) is 23.4 Å². The molecule has 3 heterocycles. The lowest BCUT2D eigenvalue weighted by molar-refractivity contribution is -0.136. The number of aliphatic carboxylic acids is 1. The third-order valence-electron chi connectivity index (χ3n) is 4.35. The molecule has 2 bridgehead atoms. The molecule has 18 heavy (non-hydrogen) atoms. The molecule has 0 radical (unpaired) electrons. The number of piperidine rings is 1. The van der Waals surface area contributed by atoms with Crippen molar-refractivity contribution in [2.75, 3.05) is 7.05 Å². The van der Waals surface area contributed by atoms with E-state index < -0.39 is 5.97 Å². The molecule has 2 atom stereocenters. The Hall–Kier alpha value is -0.940. The van der Waals surface area contributed by atoms with Crippen LogP contribution in [0.25, 0.3) is 0 Å². The highest BCUT2D eigenvalue weighted by molar-refractivity contribution is 7.09. The van der Waals surface area contributed by atoms with E-state index in [1.807, 2.05) is 5.38 Å². The molecule has 1 aromatic heterocycles. The van der Waals surface area contributed by atoms with Crippen LogP contribution in [0, 0.1) is 0 Å². The molecular formula is C13H18N2O2S. The minimum atomic E-state index is -0.796. The molecule has 0 spiro atoms. The first-order valence-corrected chi connectivity index (χ1v) is 7.39. The van der Waals surface area contributed by atoms with Crippen LogP contribution in [0.15, 0.2) is 5.38 Å². The molecule has 1 N–H and O–H groups in total. The second kappa shape index (κ2) is 4.63. The van der Waals surface area contributed by atoms with Crippen molar-refractivity contribution in [3.05, 3.63) is 16.1 Å². The zero-order chi connectivity index (χ0) is 12.7. The van der Waals surface area contributed by atoms with Gasteiger partial charge in [0.05, 0.1) is 17.1 Å². The summed E-state index contributed by atoms with van der Waals surface area (Å²) >= 11 is 1.64. The molecule has 0 amide bonds. The summed E-state index contributed by atoms with van der Waals surface area (Å²) < 4.78 is 0. The second-order valence-electron chi connectivity index (χ2n) is 5.47. The van der Waals surface area contributed by atoms with Crippen LogP contribution >= 0.6 is 11.3 Å². The number of hydrogen-bond acceptors (Lipinski definition) is 4. The molecule has 2 unspecified atom stereocenters. The third-order valence-corrected chi connectivity index (χ3v) is 5.41. The van der Waals surface area contributed by atoms with Gasteiger partial charge in [0.2, 0.25) is 0 Å². The number of fused-ring (bicyclic) bond motifs is 2. The van der Waals surface area contributed by atoms with Gasteiger partial charge in [-0.15, -0.1) is 11.3 Å². The van der Waals surface area contributed by atoms with Crippen LogP contribution in [0.5, 0.6) is 0 Å². The van der Waals surface area contributed by atoms with Gasteiger partial charge in [0.25, 0.3) is 0 Å². The molecule has 1 aromatic rings. The molecule has 2 aliphatic rings. The van der Waals surface area contributed by atoms with E-state index in [0.29, 0.717) is 23.7 Å². The first-order chi connectivity index (χ1) is 8.63. The normalized spacial score (nSPS) is 31.7. The Morgan fingerprint density at radius 2 is 2.17 bits per heavy atom. The van der Waals surface area contributed by atoms with Gasteiger partial charge in [-0.2, -0.15) is 0 Å². The molecule has 2 fully saturated rings. The predicted octanol–water partition coefficient (Wildman–Crippen LogP) is 2.11. The van der Waals surface area contributed by atoms with Crippen molar-refractivity contribution in [1.29, 1.82) is 0 Å². The van der Waals surface area contributed by atoms with Crippen LogP contribution in [0.1, 0.15) is 42.3 Å². The minimum absolute atomic E-state index is 0.0516. The van der Waals surface area contributed by atoms with Crippen molar-refractivity contribution >= 4 is 17.3 Å². The largest absolute Gasteiger partial charge is 0.481 e. The van der Waals surface area contributed by atoms with E-state index in [1.165, 1.54) is 25.7 Å². The standard InChI is InChI=1S/C13H18N2O2S/c1-15-10-2-3-11(15)5-8(4-10)13-14-9(7-18-13)6-12(16)17/h7-8,10-11H,2-6H2,1H3,(H,16,17). The number of carboxylic acids is 1. The van der Waals surface area contributed by atoms with Crippen LogP contribution in [-0.4, -0.2) is 40.1 Å². The molecular weight excluding hydrogens is 248 g/mol. The van der Waals surface area contributed by atoms with Crippen molar-refractivity contribution in [3.63, 3.8) is 0 Å². The molecule has 2 aliphatic heterocycles. The van der Waals surface area contributed by atoms with Crippen molar-refractivity contribution < 1.29 is 9.90 Å². The van der Waals surface area contributed by atoms with Crippen molar-refractivity contribution in [1.82, 2.24) is 9.88 Å². The highest BCUT2D eigenvalue weighted by atomic mass is 32.1. The molecule has 3 rings (SSSR count). The van der Waals surface area contributed by atoms with Crippen LogP contribution in [0.2, 0.25) is 0 Å². The number of nitrogens with zero attached hydrogens (tertiary/aromatic N) is 2. The fourth-order valence-electron chi connectivity index (χ4n) is 3.36. The maximum Gasteiger partial charge on any atom is 0.309 e. The molecule has 5 heteroatoms. The van der Waals surface area contributed by atoms with Gasteiger partial charge in [-0.3, -0.25) is 4.79 Å². The minimum Gasteiger partial charge on any atom is -0.481 e. The molecule has 4 nitrogen and oxygen atoms in total.